The lowest BCUT2D eigenvalue weighted by Crippen LogP contribution is -2.52. The van der Waals surface area contributed by atoms with Gasteiger partial charge >= 0.3 is 0 Å². The molecule has 0 unspecified atom stereocenters. The molecule has 2 amide bonds. The van der Waals surface area contributed by atoms with Gasteiger partial charge in [0.05, 0.1) is 17.7 Å². The molecule has 1 atom stereocenters. The molecule has 0 aliphatic carbocycles. The van der Waals surface area contributed by atoms with Crippen LogP contribution in [0.3, 0.4) is 0 Å². The van der Waals surface area contributed by atoms with Crippen molar-refractivity contribution in [1.82, 2.24) is 10.2 Å². The minimum absolute atomic E-state index is 0.0784. The van der Waals surface area contributed by atoms with E-state index >= 15 is 0 Å². The number of unbranched alkanes of at least 4 members (excludes halogenated alkanes) is 1. The number of nitrogens with one attached hydrogen (secondary N) is 1. The third-order valence-electron chi connectivity index (χ3n) is 7.09. The Balaban J connectivity index is 2.05. The van der Waals surface area contributed by atoms with Gasteiger partial charge in [-0.15, -0.1) is 0 Å². The third-order valence-corrected chi connectivity index (χ3v) is 8.88. The van der Waals surface area contributed by atoms with Crippen LogP contribution in [0.15, 0.2) is 77.7 Å². The number of nitrogens with zero attached hydrogens (tertiary/aromatic N) is 2. The monoisotopic (exact) mass is 579 g/mol. The summed E-state index contributed by atoms with van der Waals surface area (Å²) in [6.07, 6.45) is 2.11. The standard InChI is InChI=1S/C32H41N3O5S/c1-6-8-19-33-32(37)30(7-2)34(22-26-13-12-14-28(21-26)40-5)31(36)23-35(27-18-17-24(3)25(4)20-27)41(38,39)29-15-10-9-11-16-29/h9-18,20-21,30H,6-8,19,22-23H2,1-5H3,(H,33,37)/t30-/m1/s1. The van der Waals surface area contributed by atoms with Crippen molar-refractivity contribution in [3.05, 3.63) is 89.5 Å². The largest absolute Gasteiger partial charge is 0.497 e. The minimum Gasteiger partial charge on any atom is -0.497 e. The number of benzene rings is 3. The molecular weight excluding hydrogens is 538 g/mol. The number of hydrogen-bond donors (Lipinski definition) is 1. The number of sulfonamides is 1. The van der Waals surface area contributed by atoms with Crippen LogP contribution in [0, 0.1) is 13.8 Å². The lowest BCUT2D eigenvalue weighted by Gasteiger charge is -2.33. The normalized spacial score (nSPS) is 11.9. The summed E-state index contributed by atoms with van der Waals surface area (Å²) >= 11 is 0. The van der Waals surface area contributed by atoms with Crippen LogP contribution in [0.4, 0.5) is 5.69 Å². The molecule has 220 valence electrons. The predicted octanol–water partition coefficient (Wildman–Crippen LogP) is 5.23. The zero-order chi connectivity index (χ0) is 30.0. The molecule has 3 aromatic carbocycles. The molecule has 0 bridgehead atoms. The number of methoxy groups -OCH3 is 1. The summed E-state index contributed by atoms with van der Waals surface area (Å²) in [4.78, 5) is 29.0. The molecule has 0 aliphatic rings. The van der Waals surface area contributed by atoms with Gasteiger partial charge < -0.3 is 15.0 Å². The van der Waals surface area contributed by atoms with E-state index in [-0.39, 0.29) is 17.3 Å². The second-order valence-corrected chi connectivity index (χ2v) is 11.9. The van der Waals surface area contributed by atoms with Crippen LogP contribution >= 0.6 is 0 Å². The molecule has 0 radical (unpaired) electrons. The van der Waals surface area contributed by atoms with Crippen molar-refractivity contribution in [2.75, 3.05) is 24.5 Å². The molecule has 3 rings (SSSR count). The number of hydrogen-bond acceptors (Lipinski definition) is 5. The lowest BCUT2D eigenvalue weighted by atomic mass is 10.1. The van der Waals surface area contributed by atoms with Crippen LogP contribution in [0.1, 0.15) is 49.8 Å². The molecule has 0 saturated carbocycles. The second kappa shape index (κ2) is 14.7. The summed E-state index contributed by atoms with van der Waals surface area (Å²) in [5, 5.41) is 2.94. The maximum Gasteiger partial charge on any atom is 0.264 e. The zero-order valence-corrected chi connectivity index (χ0v) is 25.4. The van der Waals surface area contributed by atoms with Gasteiger partial charge in [0.15, 0.2) is 0 Å². The Labute approximate surface area is 244 Å². The van der Waals surface area contributed by atoms with E-state index in [4.69, 9.17) is 4.74 Å². The van der Waals surface area contributed by atoms with Crippen molar-refractivity contribution < 1.29 is 22.7 Å². The summed E-state index contributed by atoms with van der Waals surface area (Å²) in [6, 6.07) is 19.9. The Hall–Kier alpha value is -3.85. The van der Waals surface area contributed by atoms with Gasteiger partial charge in [0.1, 0.15) is 18.3 Å². The Kier molecular flexibility index (Phi) is 11.3. The Morgan fingerprint density at radius 3 is 2.29 bits per heavy atom. The first-order valence-corrected chi connectivity index (χ1v) is 15.4. The minimum atomic E-state index is -4.10. The van der Waals surface area contributed by atoms with Crippen molar-refractivity contribution in [1.29, 1.82) is 0 Å². The molecular formula is C32H41N3O5S. The number of ether oxygens (including phenoxy) is 1. The number of carbonyl (C=O) groups excluding carboxylic acids is 2. The summed E-state index contributed by atoms with van der Waals surface area (Å²) in [5.41, 5.74) is 3.05. The Bertz CT molecular complexity index is 1430. The van der Waals surface area contributed by atoms with Crippen molar-refractivity contribution in [2.45, 2.75) is 64.4 Å². The lowest BCUT2D eigenvalue weighted by molar-refractivity contribution is -0.140. The number of aryl methyl sites for hydroxylation is 2. The first-order chi connectivity index (χ1) is 19.6. The number of carbonyl (C=O) groups is 2. The van der Waals surface area contributed by atoms with Crippen LogP contribution < -0.4 is 14.4 Å². The van der Waals surface area contributed by atoms with Gasteiger partial charge in [0.25, 0.3) is 10.0 Å². The fourth-order valence-electron chi connectivity index (χ4n) is 4.52. The van der Waals surface area contributed by atoms with Gasteiger partial charge in [-0.1, -0.05) is 56.7 Å². The average molecular weight is 580 g/mol. The van der Waals surface area contributed by atoms with Gasteiger partial charge in [-0.25, -0.2) is 8.42 Å². The Morgan fingerprint density at radius 2 is 1.66 bits per heavy atom. The van der Waals surface area contributed by atoms with E-state index < -0.39 is 28.5 Å². The summed E-state index contributed by atoms with van der Waals surface area (Å²) in [7, 11) is -2.54. The van der Waals surface area contributed by atoms with Crippen LogP contribution in [0.2, 0.25) is 0 Å². The number of anilines is 1. The van der Waals surface area contributed by atoms with E-state index in [9.17, 15) is 18.0 Å². The molecule has 3 aromatic rings. The maximum absolute atomic E-state index is 14.2. The molecule has 0 saturated heterocycles. The van der Waals surface area contributed by atoms with Gasteiger partial charge in [0.2, 0.25) is 11.8 Å². The molecule has 0 fully saturated rings. The van der Waals surface area contributed by atoms with Crippen LogP contribution in [-0.4, -0.2) is 51.4 Å². The molecule has 0 spiro atoms. The third kappa shape index (κ3) is 8.10. The molecule has 0 heterocycles. The average Bonchev–Trinajstić information content (AvgIpc) is 2.97. The molecule has 41 heavy (non-hydrogen) atoms. The highest BCUT2D eigenvalue weighted by atomic mass is 32.2. The maximum atomic E-state index is 14.2. The van der Waals surface area contributed by atoms with Crippen molar-refractivity contribution in [3.8, 4) is 5.75 Å². The van der Waals surface area contributed by atoms with Crippen molar-refractivity contribution in [2.24, 2.45) is 0 Å². The van der Waals surface area contributed by atoms with Gasteiger partial charge in [-0.2, -0.15) is 0 Å². The smallest absolute Gasteiger partial charge is 0.264 e. The zero-order valence-electron chi connectivity index (χ0n) is 24.6. The fraction of sp³-hybridized carbons (Fsp3) is 0.375. The highest BCUT2D eigenvalue weighted by Crippen LogP contribution is 2.27. The number of amides is 2. The Morgan fingerprint density at radius 1 is 0.927 bits per heavy atom. The van der Waals surface area contributed by atoms with Crippen LogP contribution in [0.25, 0.3) is 0 Å². The van der Waals surface area contributed by atoms with E-state index in [0.29, 0.717) is 24.4 Å². The SMILES string of the molecule is CCCCNC(=O)[C@@H](CC)N(Cc1cccc(OC)c1)C(=O)CN(c1ccc(C)c(C)c1)S(=O)(=O)c1ccccc1. The van der Waals surface area contributed by atoms with E-state index in [2.05, 4.69) is 5.32 Å². The molecule has 8 nitrogen and oxygen atoms in total. The quantitative estimate of drug-likeness (QED) is 0.264. The summed E-state index contributed by atoms with van der Waals surface area (Å²) in [5.74, 6) is -0.123. The molecule has 9 heteroatoms. The topological polar surface area (TPSA) is 96.0 Å². The van der Waals surface area contributed by atoms with E-state index in [1.165, 1.54) is 17.0 Å². The molecule has 0 aromatic heterocycles. The van der Waals surface area contributed by atoms with E-state index in [0.717, 1.165) is 33.8 Å². The second-order valence-electron chi connectivity index (χ2n) is 10.0. The van der Waals surface area contributed by atoms with Gasteiger partial charge in [0, 0.05) is 13.1 Å². The first-order valence-electron chi connectivity index (χ1n) is 14.0. The van der Waals surface area contributed by atoms with E-state index in [1.807, 2.05) is 52.0 Å². The van der Waals surface area contributed by atoms with E-state index in [1.54, 1.807) is 43.5 Å². The number of rotatable bonds is 14. The fourth-order valence-corrected chi connectivity index (χ4v) is 5.95. The van der Waals surface area contributed by atoms with Gasteiger partial charge in [-0.05, 0) is 79.8 Å². The first kappa shape index (κ1) is 31.7. The summed E-state index contributed by atoms with van der Waals surface area (Å²) < 4.78 is 34.4. The van der Waals surface area contributed by atoms with Crippen LogP contribution in [0.5, 0.6) is 5.75 Å². The highest BCUT2D eigenvalue weighted by molar-refractivity contribution is 7.92. The predicted molar refractivity (Wildman–Crippen MR) is 162 cm³/mol. The molecule has 1 N–H and O–H groups in total. The molecule has 0 aliphatic heterocycles. The summed E-state index contributed by atoms with van der Waals surface area (Å²) in [6.45, 7) is 7.87. The van der Waals surface area contributed by atoms with Crippen molar-refractivity contribution in [3.63, 3.8) is 0 Å². The van der Waals surface area contributed by atoms with Crippen LogP contribution in [-0.2, 0) is 26.2 Å². The van der Waals surface area contributed by atoms with Crippen molar-refractivity contribution >= 4 is 27.5 Å². The van der Waals surface area contributed by atoms with Gasteiger partial charge in [-0.3, -0.25) is 13.9 Å². The highest BCUT2D eigenvalue weighted by Gasteiger charge is 2.33.